The first kappa shape index (κ1) is 20.7. The van der Waals surface area contributed by atoms with Gasteiger partial charge in [0, 0.05) is 7.05 Å². The van der Waals surface area contributed by atoms with Gasteiger partial charge < -0.3 is 9.47 Å². The quantitative estimate of drug-likeness (QED) is 0.427. The van der Waals surface area contributed by atoms with Crippen molar-refractivity contribution in [2.75, 3.05) is 20.3 Å². The SMILES string of the molecule is CCCCCOC(=O)C(CC(C)C)N(C)C(=O)OCCCC. The highest BCUT2D eigenvalue weighted by Crippen LogP contribution is 2.14. The normalized spacial score (nSPS) is 12.1. The van der Waals surface area contributed by atoms with Crippen LogP contribution in [0, 0.1) is 5.92 Å². The van der Waals surface area contributed by atoms with Crippen LogP contribution in [0.2, 0.25) is 0 Å². The molecule has 5 heteroatoms. The highest BCUT2D eigenvalue weighted by molar-refractivity contribution is 5.81. The van der Waals surface area contributed by atoms with Gasteiger partial charge in [0.1, 0.15) is 6.04 Å². The van der Waals surface area contributed by atoms with Crippen molar-refractivity contribution in [3.8, 4) is 0 Å². The minimum Gasteiger partial charge on any atom is -0.464 e. The molecule has 130 valence electrons. The molecule has 0 aromatic rings. The molecule has 1 unspecified atom stereocenters. The van der Waals surface area contributed by atoms with Gasteiger partial charge in [-0.15, -0.1) is 0 Å². The zero-order valence-electron chi connectivity index (χ0n) is 14.9. The third-order valence-electron chi connectivity index (χ3n) is 3.44. The van der Waals surface area contributed by atoms with Crippen LogP contribution in [0.5, 0.6) is 0 Å². The van der Waals surface area contributed by atoms with Crippen molar-refractivity contribution in [2.24, 2.45) is 5.92 Å². The molecule has 0 spiro atoms. The van der Waals surface area contributed by atoms with Crippen molar-refractivity contribution in [3.05, 3.63) is 0 Å². The third kappa shape index (κ3) is 8.90. The van der Waals surface area contributed by atoms with E-state index in [9.17, 15) is 9.59 Å². The molecule has 0 N–H and O–H groups in total. The van der Waals surface area contributed by atoms with Crippen molar-refractivity contribution in [2.45, 2.75) is 72.3 Å². The van der Waals surface area contributed by atoms with Crippen LogP contribution in [0.1, 0.15) is 66.2 Å². The van der Waals surface area contributed by atoms with Crippen LogP contribution >= 0.6 is 0 Å². The van der Waals surface area contributed by atoms with Crippen LogP contribution in [0.3, 0.4) is 0 Å². The number of unbranched alkanes of at least 4 members (excludes halogenated alkanes) is 3. The van der Waals surface area contributed by atoms with Gasteiger partial charge in [-0.1, -0.05) is 47.0 Å². The molecule has 0 fully saturated rings. The Labute approximate surface area is 135 Å². The molecule has 1 amide bonds. The summed E-state index contributed by atoms with van der Waals surface area (Å²) in [5, 5.41) is 0. The molecule has 0 rings (SSSR count). The lowest BCUT2D eigenvalue weighted by atomic mass is 10.0. The summed E-state index contributed by atoms with van der Waals surface area (Å²) in [5.74, 6) is -0.0428. The lowest BCUT2D eigenvalue weighted by molar-refractivity contribution is -0.149. The summed E-state index contributed by atoms with van der Waals surface area (Å²) >= 11 is 0. The number of likely N-dealkylation sites (N-methyl/N-ethyl adjacent to an activating group) is 1. The van der Waals surface area contributed by atoms with E-state index >= 15 is 0 Å². The maximum atomic E-state index is 12.2. The number of hydrogen-bond donors (Lipinski definition) is 0. The number of amides is 1. The number of hydrogen-bond acceptors (Lipinski definition) is 4. The van der Waals surface area contributed by atoms with E-state index in [1.807, 2.05) is 20.8 Å². The van der Waals surface area contributed by atoms with Gasteiger partial charge in [-0.2, -0.15) is 0 Å². The Balaban J connectivity index is 4.52. The second-order valence-corrected chi connectivity index (χ2v) is 6.10. The Hall–Kier alpha value is -1.26. The Morgan fingerprint density at radius 3 is 2.09 bits per heavy atom. The third-order valence-corrected chi connectivity index (χ3v) is 3.44. The number of ether oxygens (including phenoxy) is 2. The average molecular weight is 315 g/mol. The maximum absolute atomic E-state index is 12.2. The zero-order valence-corrected chi connectivity index (χ0v) is 14.9. The number of nitrogens with zero attached hydrogens (tertiary/aromatic N) is 1. The minimum atomic E-state index is -0.573. The molecule has 0 bridgehead atoms. The second-order valence-electron chi connectivity index (χ2n) is 6.10. The van der Waals surface area contributed by atoms with Crippen LogP contribution in [0.25, 0.3) is 0 Å². The number of carbonyl (C=O) groups is 2. The van der Waals surface area contributed by atoms with E-state index in [2.05, 4.69) is 6.92 Å². The second kappa shape index (κ2) is 12.3. The lowest BCUT2D eigenvalue weighted by Gasteiger charge is -2.27. The number of rotatable bonds is 11. The van der Waals surface area contributed by atoms with Crippen molar-refractivity contribution < 1.29 is 19.1 Å². The van der Waals surface area contributed by atoms with Gasteiger partial charge in [0.25, 0.3) is 0 Å². The molecule has 1 atom stereocenters. The van der Waals surface area contributed by atoms with Crippen molar-refractivity contribution in [1.29, 1.82) is 0 Å². The standard InChI is InChI=1S/C17H33NO4/c1-6-8-10-12-21-16(19)15(13-14(3)4)18(5)17(20)22-11-9-7-2/h14-15H,6-13H2,1-5H3. The molecule has 5 nitrogen and oxygen atoms in total. The van der Waals surface area contributed by atoms with E-state index in [0.717, 1.165) is 32.1 Å². The number of carbonyl (C=O) groups excluding carboxylic acids is 2. The Morgan fingerprint density at radius 1 is 0.955 bits per heavy atom. The molecule has 0 saturated carbocycles. The van der Waals surface area contributed by atoms with Gasteiger partial charge in [0.15, 0.2) is 0 Å². The number of esters is 1. The molecule has 0 aliphatic rings. The Bertz CT molecular complexity index is 318. The Kier molecular flexibility index (Phi) is 11.6. The summed E-state index contributed by atoms with van der Waals surface area (Å²) in [6.07, 6.45) is 4.90. The van der Waals surface area contributed by atoms with Crippen LogP contribution < -0.4 is 0 Å². The first-order chi connectivity index (χ1) is 10.4. The van der Waals surface area contributed by atoms with E-state index in [1.165, 1.54) is 4.90 Å². The van der Waals surface area contributed by atoms with Gasteiger partial charge in [0.2, 0.25) is 0 Å². The summed E-state index contributed by atoms with van der Waals surface area (Å²) in [6.45, 7) is 8.98. The molecule has 22 heavy (non-hydrogen) atoms. The van der Waals surface area contributed by atoms with Gasteiger partial charge in [-0.05, 0) is 25.2 Å². The van der Waals surface area contributed by atoms with Gasteiger partial charge in [0.05, 0.1) is 13.2 Å². The molecule has 0 aliphatic carbocycles. The predicted molar refractivity (Wildman–Crippen MR) is 87.7 cm³/mol. The van der Waals surface area contributed by atoms with Gasteiger partial charge >= 0.3 is 12.1 Å². The molecular weight excluding hydrogens is 282 g/mol. The summed E-state index contributed by atoms with van der Waals surface area (Å²) in [7, 11) is 1.61. The molecule has 0 aromatic carbocycles. The smallest absolute Gasteiger partial charge is 0.410 e. The molecule has 0 aromatic heterocycles. The molecular formula is C17H33NO4. The van der Waals surface area contributed by atoms with Gasteiger partial charge in [-0.25, -0.2) is 9.59 Å². The van der Waals surface area contributed by atoms with E-state index < -0.39 is 12.1 Å². The fourth-order valence-corrected chi connectivity index (χ4v) is 2.01. The Morgan fingerprint density at radius 2 is 1.55 bits per heavy atom. The van der Waals surface area contributed by atoms with Crippen LogP contribution in [-0.2, 0) is 14.3 Å². The van der Waals surface area contributed by atoms with Crippen molar-refractivity contribution >= 4 is 12.1 Å². The monoisotopic (exact) mass is 315 g/mol. The van der Waals surface area contributed by atoms with E-state index in [1.54, 1.807) is 7.05 Å². The molecule has 0 saturated heterocycles. The zero-order chi connectivity index (χ0) is 17.0. The van der Waals surface area contributed by atoms with Crippen LogP contribution in [-0.4, -0.2) is 43.3 Å². The lowest BCUT2D eigenvalue weighted by Crippen LogP contribution is -2.44. The molecule has 0 radical (unpaired) electrons. The van der Waals surface area contributed by atoms with E-state index in [0.29, 0.717) is 25.6 Å². The summed E-state index contributed by atoms with van der Waals surface area (Å²) in [6, 6.07) is -0.573. The summed E-state index contributed by atoms with van der Waals surface area (Å²) in [4.78, 5) is 25.6. The van der Waals surface area contributed by atoms with Gasteiger partial charge in [-0.3, -0.25) is 4.90 Å². The summed E-state index contributed by atoms with van der Waals surface area (Å²) in [5.41, 5.74) is 0. The fourth-order valence-electron chi connectivity index (χ4n) is 2.01. The van der Waals surface area contributed by atoms with Crippen molar-refractivity contribution in [1.82, 2.24) is 4.90 Å². The average Bonchev–Trinajstić information content (AvgIpc) is 2.48. The molecule has 0 heterocycles. The first-order valence-corrected chi connectivity index (χ1v) is 8.50. The van der Waals surface area contributed by atoms with E-state index in [4.69, 9.17) is 9.47 Å². The fraction of sp³-hybridized carbons (Fsp3) is 0.882. The van der Waals surface area contributed by atoms with Crippen molar-refractivity contribution in [3.63, 3.8) is 0 Å². The predicted octanol–water partition coefficient (Wildman–Crippen LogP) is 4.00. The van der Waals surface area contributed by atoms with E-state index in [-0.39, 0.29) is 5.97 Å². The topological polar surface area (TPSA) is 55.8 Å². The minimum absolute atomic E-state index is 0.291. The largest absolute Gasteiger partial charge is 0.464 e. The summed E-state index contributed by atoms with van der Waals surface area (Å²) < 4.78 is 10.5. The van der Waals surface area contributed by atoms with Crippen LogP contribution in [0.15, 0.2) is 0 Å². The highest BCUT2D eigenvalue weighted by Gasteiger charge is 2.29. The first-order valence-electron chi connectivity index (χ1n) is 8.50. The molecule has 0 aliphatic heterocycles. The highest BCUT2D eigenvalue weighted by atomic mass is 16.6. The maximum Gasteiger partial charge on any atom is 0.410 e. The van der Waals surface area contributed by atoms with Crippen LogP contribution in [0.4, 0.5) is 4.79 Å².